The Labute approximate surface area is 180 Å². The Morgan fingerprint density at radius 1 is 1.19 bits per heavy atom. The molecule has 2 aliphatic heterocycles. The Bertz CT molecular complexity index is 977. The number of hydrogen-bond donors (Lipinski definition) is 1. The predicted molar refractivity (Wildman–Crippen MR) is 116 cm³/mol. The number of carbonyl (C=O) groups is 2. The molecule has 2 aromatic rings. The van der Waals surface area contributed by atoms with Crippen molar-refractivity contribution in [2.75, 3.05) is 54.0 Å². The molecule has 0 saturated carbocycles. The van der Waals surface area contributed by atoms with Crippen LogP contribution in [-0.4, -0.2) is 62.4 Å². The highest BCUT2D eigenvalue weighted by Gasteiger charge is 2.33. The molecule has 0 aliphatic carbocycles. The fourth-order valence-corrected chi connectivity index (χ4v) is 3.90. The van der Waals surface area contributed by atoms with Gasteiger partial charge in [-0.1, -0.05) is 6.07 Å². The van der Waals surface area contributed by atoms with Crippen molar-refractivity contribution in [3.63, 3.8) is 0 Å². The summed E-state index contributed by atoms with van der Waals surface area (Å²) in [5, 5.41) is 2.63. The van der Waals surface area contributed by atoms with Crippen LogP contribution in [0.1, 0.15) is 12.6 Å². The monoisotopic (exact) mass is 427 g/mol. The SMILES string of the molecule is CC(=O)NCC1CN(c2ccc(N3CCN(c4cccc(C)n4)CC3)c(F)c2)C(=O)O1. The first-order chi connectivity index (χ1) is 14.9. The summed E-state index contributed by atoms with van der Waals surface area (Å²) in [5.74, 6) is 0.373. The van der Waals surface area contributed by atoms with E-state index in [-0.39, 0.29) is 24.8 Å². The highest BCUT2D eigenvalue weighted by molar-refractivity contribution is 5.90. The van der Waals surface area contributed by atoms with Gasteiger partial charge in [-0.2, -0.15) is 0 Å². The maximum absolute atomic E-state index is 14.9. The van der Waals surface area contributed by atoms with Gasteiger partial charge in [-0.05, 0) is 37.3 Å². The van der Waals surface area contributed by atoms with E-state index in [9.17, 15) is 14.0 Å². The normalized spacial score (nSPS) is 18.9. The smallest absolute Gasteiger partial charge is 0.414 e. The van der Waals surface area contributed by atoms with Crippen LogP contribution in [0.4, 0.5) is 26.4 Å². The first-order valence-corrected chi connectivity index (χ1v) is 10.4. The van der Waals surface area contributed by atoms with Crippen molar-refractivity contribution in [3.8, 4) is 0 Å². The van der Waals surface area contributed by atoms with Gasteiger partial charge in [0.15, 0.2) is 0 Å². The molecule has 3 heterocycles. The van der Waals surface area contributed by atoms with E-state index >= 15 is 0 Å². The summed E-state index contributed by atoms with van der Waals surface area (Å²) < 4.78 is 20.2. The zero-order valence-corrected chi connectivity index (χ0v) is 17.7. The number of pyridine rings is 1. The number of hydrogen-bond acceptors (Lipinski definition) is 6. The number of aromatic nitrogens is 1. The van der Waals surface area contributed by atoms with Crippen molar-refractivity contribution in [3.05, 3.63) is 47.9 Å². The van der Waals surface area contributed by atoms with Gasteiger partial charge in [0.2, 0.25) is 5.91 Å². The summed E-state index contributed by atoms with van der Waals surface area (Å²) in [7, 11) is 0. The number of amides is 2. The molecule has 1 aromatic carbocycles. The molecule has 0 bridgehead atoms. The zero-order chi connectivity index (χ0) is 22.0. The maximum atomic E-state index is 14.9. The summed E-state index contributed by atoms with van der Waals surface area (Å²) in [6.07, 6.45) is -0.996. The standard InChI is InChI=1S/C22H26FN5O3/c1-15-4-3-5-21(25-15)27-10-8-26(9-11-27)20-7-6-17(12-19(20)23)28-14-18(31-22(28)30)13-24-16(2)29/h3-7,12,18H,8-11,13-14H2,1-2H3,(H,24,29). The number of halogens is 1. The van der Waals surface area contributed by atoms with Crippen LogP contribution >= 0.6 is 0 Å². The van der Waals surface area contributed by atoms with E-state index in [0.717, 1.165) is 24.6 Å². The molecule has 31 heavy (non-hydrogen) atoms. The number of rotatable bonds is 5. The van der Waals surface area contributed by atoms with E-state index in [1.165, 1.54) is 17.9 Å². The van der Waals surface area contributed by atoms with Crippen molar-refractivity contribution in [1.82, 2.24) is 10.3 Å². The molecular formula is C22H26FN5O3. The molecule has 1 aromatic heterocycles. The number of benzene rings is 1. The summed E-state index contributed by atoms with van der Waals surface area (Å²) in [5.41, 5.74) is 1.93. The molecule has 2 aliphatic rings. The topological polar surface area (TPSA) is 78.0 Å². The second kappa shape index (κ2) is 8.79. The summed E-state index contributed by atoms with van der Waals surface area (Å²) in [6, 6.07) is 10.8. The maximum Gasteiger partial charge on any atom is 0.414 e. The number of carbonyl (C=O) groups excluding carboxylic acids is 2. The minimum Gasteiger partial charge on any atom is -0.442 e. The van der Waals surface area contributed by atoms with Gasteiger partial charge in [0.1, 0.15) is 17.7 Å². The number of nitrogens with zero attached hydrogens (tertiary/aromatic N) is 4. The Morgan fingerprint density at radius 3 is 2.61 bits per heavy atom. The van der Waals surface area contributed by atoms with Gasteiger partial charge in [-0.3, -0.25) is 9.69 Å². The number of nitrogens with one attached hydrogen (secondary N) is 1. The van der Waals surface area contributed by atoms with Crippen LogP contribution in [0.3, 0.4) is 0 Å². The van der Waals surface area contributed by atoms with Gasteiger partial charge in [0.25, 0.3) is 0 Å². The molecule has 164 valence electrons. The fourth-order valence-electron chi connectivity index (χ4n) is 3.90. The number of cyclic esters (lactones) is 1. The third-order valence-electron chi connectivity index (χ3n) is 5.51. The van der Waals surface area contributed by atoms with Crippen LogP contribution in [-0.2, 0) is 9.53 Å². The Morgan fingerprint density at radius 2 is 1.94 bits per heavy atom. The molecule has 9 heteroatoms. The molecule has 0 spiro atoms. The van der Waals surface area contributed by atoms with Crippen LogP contribution in [0.2, 0.25) is 0 Å². The predicted octanol–water partition coefficient (Wildman–Crippen LogP) is 2.32. The van der Waals surface area contributed by atoms with Crippen molar-refractivity contribution < 1.29 is 18.7 Å². The third kappa shape index (κ3) is 4.70. The summed E-state index contributed by atoms with van der Waals surface area (Å²) in [4.78, 5) is 33.4. The van der Waals surface area contributed by atoms with Crippen LogP contribution in [0.15, 0.2) is 36.4 Å². The summed E-state index contributed by atoms with van der Waals surface area (Å²) in [6.45, 7) is 6.72. The average molecular weight is 427 g/mol. The van der Waals surface area contributed by atoms with Crippen molar-refractivity contribution >= 4 is 29.2 Å². The van der Waals surface area contributed by atoms with Gasteiger partial charge < -0.3 is 19.9 Å². The van der Waals surface area contributed by atoms with E-state index in [1.807, 2.05) is 30.0 Å². The van der Waals surface area contributed by atoms with Crippen LogP contribution < -0.4 is 20.0 Å². The Kier molecular flexibility index (Phi) is 5.92. The number of ether oxygens (including phenoxy) is 1. The highest BCUT2D eigenvalue weighted by Crippen LogP contribution is 2.29. The Hall–Kier alpha value is -3.36. The van der Waals surface area contributed by atoms with Gasteiger partial charge >= 0.3 is 6.09 Å². The van der Waals surface area contributed by atoms with E-state index < -0.39 is 12.2 Å². The molecule has 2 fully saturated rings. The van der Waals surface area contributed by atoms with Crippen molar-refractivity contribution in [1.29, 1.82) is 0 Å². The van der Waals surface area contributed by atoms with E-state index in [0.29, 0.717) is 24.5 Å². The molecule has 1 atom stereocenters. The minimum atomic E-state index is -0.540. The summed E-state index contributed by atoms with van der Waals surface area (Å²) >= 11 is 0. The van der Waals surface area contributed by atoms with Crippen molar-refractivity contribution in [2.24, 2.45) is 0 Å². The first kappa shape index (κ1) is 20.9. The van der Waals surface area contributed by atoms with Crippen LogP contribution in [0.5, 0.6) is 0 Å². The molecule has 8 nitrogen and oxygen atoms in total. The lowest BCUT2D eigenvalue weighted by Crippen LogP contribution is -2.47. The number of anilines is 3. The van der Waals surface area contributed by atoms with E-state index in [2.05, 4.69) is 15.2 Å². The molecule has 1 unspecified atom stereocenters. The second-order valence-electron chi connectivity index (χ2n) is 7.80. The molecule has 0 radical (unpaired) electrons. The second-order valence-corrected chi connectivity index (χ2v) is 7.80. The quantitative estimate of drug-likeness (QED) is 0.789. The third-order valence-corrected chi connectivity index (χ3v) is 5.51. The average Bonchev–Trinajstić information content (AvgIpc) is 3.13. The lowest BCUT2D eigenvalue weighted by Gasteiger charge is -2.37. The highest BCUT2D eigenvalue weighted by atomic mass is 19.1. The first-order valence-electron chi connectivity index (χ1n) is 10.4. The fraction of sp³-hybridized carbons (Fsp3) is 0.409. The zero-order valence-electron chi connectivity index (χ0n) is 17.7. The van der Waals surface area contributed by atoms with Crippen LogP contribution in [0, 0.1) is 12.7 Å². The molecular weight excluding hydrogens is 401 g/mol. The van der Waals surface area contributed by atoms with Crippen molar-refractivity contribution in [2.45, 2.75) is 20.0 Å². The molecule has 1 N–H and O–H groups in total. The minimum absolute atomic E-state index is 0.192. The number of aryl methyl sites for hydroxylation is 1. The van der Waals surface area contributed by atoms with Crippen LogP contribution in [0.25, 0.3) is 0 Å². The van der Waals surface area contributed by atoms with E-state index in [1.54, 1.807) is 12.1 Å². The van der Waals surface area contributed by atoms with E-state index in [4.69, 9.17) is 4.74 Å². The molecule has 2 saturated heterocycles. The lowest BCUT2D eigenvalue weighted by molar-refractivity contribution is -0.119. The van der Waals surface area contributed by atoms with Gasteiger partial charge in [-0.25, -0.2) is 14.2 Å². The Balaban J connectivity index is 1.39. The number of piperazine rings is 1. The molecule has 4 rings (SSSR count). The van der Waals surface area contributed by atoms with Gasteiger partial charge in [-0.15, -0.1) is 0 Å². The van der Waals surface area contributed by atoms with Gasteiger partial charge in [0.05, 0.1) is 24.5 Å². The largest absolute Gasteiger partial charge is 0.442 e. The molecule has 2 amide bonds. The lowest BCUT2D eigenvalue weighted by atomic mass is 10.2. The van der Waals surface area contributed by atoms with Gasteiger partial charge in [0, 0.05) is 38.8 Å².